The maximum Gasteiger partial charge on any atom is 0.123 e. The van der Waals surface area contributed by atoms with E-state index in [4.69, 9.17) is 0 Å². The molecule has 0 aliphatic carbocycles. The van der Waals surface area contributed by atoms with Gasteiger partial charge in [0.2, 0.25) is 0 Å². The fraction of sp³-hybridized carbons (Fsp3) is 0.400. The number of imidazole rings is 1. The minimum Gasteiger partial charge on any atom is -0.326 e. The molecule has 0 amide bonds. The molecule has 0 spiro atoms. The molecule has 1 aromatic carbocycles. The SMILES string of the molecule is CC(c1ccc(F)cc1)n1cncc1C1CCCN1. The summed E-state index contributed by atoms with van der Waals surface area (Å²) in [4.78, 5) is 4.28. The Morgan fingerprint density at radius 1 is 1.37 bits per heavy atom. The van der Waals surface area contributed by atoms with E-state index in [2.05, 4.69) is 21.8 Å². The zero-order chi connectivity index (χ0) is 13.2. The first-order valence-electron chi connectivity index (χ1n) is 6.76. The third kappa shape index (κ3) is 2.40. The van der Waals surface area contributed by atoms with E-state index in [1.54, 1.807) is 0 Å². The lowest BCUT2D eigenvalue weighted by Crippen LogP contribution is -2.18. The molecule has 1 N–H and O–H groups in total. The minimum atomic E-state index is -0.195. The van der Waals surface area contributed by atoms with Gasteiger partial charge in [0.1, 0.15) is 5.82 Å². The van der Waals surface area contributed by atoms with Crippen LogP contribution in [0, 0.1) is 5.82 Å². The summed E-state index contributed by atoms with van der Waals surface area (Å²) in [5.41, 5.74) is 2.31. The zero-order valence-corrected chi connectivity index (χ0v) is 11.0. The highest BCUT2D eigenvalue weighted by Gasteiger charge is 2.22. The monoisotopic (exact) mass is 259 g/mol. The molecule has 1 fully saturated rings. The highest BCUT2D eigenvalue weighted by Crippen LogP contribution is 2.27. The number of halogens is 1. The summed E-state index contributed by atoms with van der Waals surface area (Å²) < 4.78 is 15.2. The predicted octanol–water partition coefficient (Wildman–Crippen LogP) is 3.06. The summed E-state index contributed by atoms with van der Waals surface area (Å²) in [5.74, 6) is -0.195. The van der Waals surface area contributed by atoms with Crippen LogP contribution in [0.15, 0.2) is 36.8 Å². The first kappa shape index (κ1) is 12.4. The summed E-state index contributed by atoms with van der Waals surface area (Å²) in [7, 11) is 0. The molecule has 2 aromatic rings. The van der Waals surface area contributed by atoms with Crippen LogP contribution >= 0.6 is 0 Å². The molecule has 2 unspecified atom stereocenters. The normalized spacial score (nSPS) is 20.6. The van der Waals surface area contributed by atoms with Gasteiger partial charge in [0, 0.05) is 12.2 Å². The average Bonchev–Trinajstić information content (AvgIpc) is 3.09. The van der Waals surface area contributed by atoms with Crippen LogP contribution in [0.4, 0.5) is 4.39 Å². The lowest BCUT2D eigenvalue weighted by atomic mass is 10.1. The molecule has 0 radical (unpaired) electrons. The van der Waals surface area contributed by atoms with Crippen LogP contribution in [0.5, 0.6) is 0 Å². The Morgan fingerprint density at radius 3 is 2.84 bits per heavy atom. The number of hydrogen-bond acceptors (Lipinski definition) is 2. The fourth-order valence-electron chi connectivity index (χ4n) is 2.75. The number of nitrogens with zero attached hydrogens (tertiary/aromatic N) is 2. The summed E-state index contributed by atoms with van der Waals surface area (Å²) in [5, 5.41) is 3.49. The molecule has 1 aliphatic rings. The van der Waals surface area contributed by atoms with Gasteiger partial charge in [-0.25, -0.2) is 9.37 Å². The molecule has 0 bridgehead atoms. The molecule has 2 heterocycles. The molecular weight excluding hydrogens is 241 g/mol. The Morgan fingerprint density at radius 2 is 2.16 bits per heavy atom. The molecule has 3 rings (SSSR count). The third-order valence-corrected chi connectivity index (χ3v) is 3.88. The second-order valence-electron chi connectivity index (χ2n) is 5.10. The van der Waals surface area contributed by atoms with Crippen LogP contribution in [-0.4, -0.2) is 16.1 Å². The Hall–Kier alpha value is -1.68. The molecule has 2 atom stereocenters. The molecule has 0 saturated carbocycles. The van der Waals surface area contributed by atoms with E-state index in [9.17, 15) is 4.39 Å². The van der Waals surface area contributed by atoms with E-state index in [-0.39, 0.29) is 11.9 Å². The van der Waals surface area contributed by atoms with Gasteiger partial charge in [-0.2, -0.15) is 0 Å². The van der Waals surface area contributed by atoms with Crippen molar-refractivity contribution in [3.63, 3.8) is 0 Å². The Kier molecular flexibility index (Phi) is 3.34. The van der Waals surface area contributed by atoms with Crippen molar-refractivity contribution >= 4 is 0 Å². The molecular formula is C15H18FN3. The molecule has 3 nitrogen and oxygen atoms in total. The quantitative estimate of drug-likeness (QED) is 0.918. The van der Waals surface area contributed by atoms with Gasteiger partial charge in [-0.3, -0.25) is 0 Å². The largest absolute Gasteiger partial charge is 0.326 e. The van der Waals surface area contributed by atoms with E-state index >= 15 is 0 Å². The number of rotatable bonds is 3. The molecule has 4 heteroatoms. The van der Waals surface area contributed by atoms with Crippen molar-refractivity contribution in [3.8, 4) is 0 Å². The molecule has 1 saturated heterocycles. The summed E-state index contributed by atoms with van der Waals surface area (Å²) in [6.45, 7) is 3.19. The number of benzene rings is 1. The predicted molar refractivity (Wildman–Crippen MR) is 72.4 cm³/mol. The van der Waals surface area contributed by atoms with Crippen molar-refractivity contribution < 1.29 is 4.39 Å². The smallest absolute Gasteiger partial charge is 0.123 e. The lowest BCUT2D eigenvalue weighted by Gasteiger charge is -2.20. The number of nitrogens with one attached hydrogen (secondary N) is 1. The lowest BCUT2D eigenvalue weighted by molar-refractivity contribution is 0.537. The maximum absolute atomic E-state index is 13.0. The highest BCUT2D eigenvalue weighted by atomic mass is 19.1. The van der Waals surface area contributed by atoms with Crippen LogP contribution < -0.4 is 5.32 Å². The minimum absolute atomic E-state index is 0.167. The fourth-order valence-corrected chi connectivity index (χ4v) is 2.75. The standard InChI is InChI=1S/C15H18FN3/c1-11(12-4-6-13(16)7-5-12)19-10-17-9-15(19)14-3-2-8-18-14/h4-7,9-11,14,18H,2-3,8H2,1H3. The van der Waals surface area contributed by atoms with Gasteiger partial charge in [0.25, 0.3) is 0 Å². The first-order chi connectivity index (χ1) is 9.25. The van der Waals surface area contributed by atoms with Gasteiger partial charge in [0.15, 0.2) is 0 Å². The van der Waals surface area contributed by atoms with Crippen molar-refractivity contribution in [3.05, 3.63) is 53.9 Å². The van der Waals surface area contributed by atoms with Crippen molar-refractivity contribution in [2.45, 2.75) is 31.8 Å². The van der Waals surface area contributed by atoms with E-state index < -0.39 is 0 Å². The molecule has 1 aliphatic heterocycles. The van der Waals surface area contributed by atoms with Crippen molar-refractivity contribution in [1.29, 1.82) is 0 Å². The molecule has 19 heavy (non-hydrogen) atoms. The maximum atomic E-state index is 13.0. The van der Waals surface area contributed by atoms with Crippen LogP contribution in [0.25, 0.3) is 0 Å². The van der Waals surface area contributed by atoms with E-state index in [0.717, 1.165) is 18.5 Å². The highest BCUT2D eigenvalue weighted by molar-refractivity contribution is 5.22. The van der Waals surface area contributed by atoms with Gasteiger partial charge >= 0.3 is 0 Å². The van der Waals surface area contributed by atoms with Crippen molar-refractivity contribution in [2.75, 3.05) is 6.54 Å². The van der Waals surface area contributed by atoms with Gasteiger partial charge in [-0.05, 0) is 44.0 Å². The van der Waals surface area contributed by atoms with Gasteiger partial charge in [-0.1, -0.05) is 12.1 Å². The summed E-state index contributed by atoms with van der Waals surface area (Å²) in [6.07, 6.45) is 6.16. The van der Waals surface area contributed by atoms with Crippen LogP contribution in [0.1, 0.15) is 43.1 Å². The second-order valence-corrected chi connectivity index (χ2v) is 5.10. The van der Waals surface area contributed by atoms with E-state index in [0.29, 0.717) is 6.04 Å². The van der Waals surface area contributed by atoms with Crippen LogP contribution in [-0.2, 0) is 0 Å². The average molecular weight is 259 g/mol. The third-order valence-electron chi connectivity index (χ3n) is 3.88. The Labute approximate surface area is 112 Å². The van der Waals surface area contributed by atoms with Crippen molar-refractivity contribution in [2.24, 2.45) is 0 Å². The van der Waals surface area contributed by atoms with E-state index in [1.807, 2.05) is 24.7 Å². The second kappa shape index (κ2) is 5.13. The van der Waals surface area contributed by atoms with Crippen LogP contribution in [0.3, 0.4) is 0 Å². The Bertz CT molecular complexity index is 541. The molecule has 100 valence electrons. The van der Waals surface area contributed by atoms with Crippen LogP contribution in [0.2, 0.25) is 0 Å². The molecule has 1 aromatic heterocycles. The van der Waals surface area contributed by atoms with Gasteiger partial charge < -0.3 is 9.88 Å². The zero-order valence-electron chi connectivity index (χ0n) is 11.0. The van der Waals surface area contributed by atoms with Gasteiger partial charge in [-0.15, -0.1) is 0 Å². The number of hydrogen-bond donors (Lipinski definition) is 1. The Balaban J connectivity index is 1.89. The van der Waals surface area contributed by atoms with E-state index in [1.165, 1.54) is 24.2 Å². The first-order valence-corrected chi connectivity index (χ1v) is 6.76. The number of aromatic nitrogens is 2. The summed E-state index contributed by atoms with van der Waals surface area (Å²) >= 11 is 0. The van der Waals surface area contributed by atoms with Crippen molar-refractivity contribution in [1.82, 2.24) is 14.9 Å². The summed E-state index contributed by atoms with van der Waals surface area (Å²) in [6, 6.07) is 7.26. The topological polar surface area (TPSA) is 29.9 Å². The van der Waals surface area contributed by atoms with Gasteiger partial charge in [0.05, 0.1) is 18.1 Å².